The van der Waals surface area contributed by atoms with Crippen molar-refractivity contribution < 1.29 is 9.90 Å². The summed E-state index contributed by atoms with van der Waals surface area (Å²) in [6.45, 7) is 1.80. The lowest BCUT2D eigenvalue weighted by molar-refractivity contribution is -0.304. The van der Waals surface area contributed by atoms with E-state index in [2.05, 4.69) is 20.3 Å². The van der Waals surface area contributed by atoms with Gasteiger partial charge in [0.05, 0.1) is 11.2 Å². The third-order valence-corrected chi connectivity index (χ3v) is 4.32. The van der Waals surface area contributed by atoms with Gasteiger partial charge in [0.1, 0.15) is 5.03 Å². The van der Waals surface area contributed by atoms with Crippen LogP contribution in [-0.4, -0.2) is 36.0 Å². The summed E-state index contributed by atoms with van der Waals surface area (Å²) >= 11 is 1.15. The van der Waals surface area contributed by atoms with Gasteiger partial charge in [0, 0.05) is 18.0 Å². The molecule has 0 amide bonds. The first-order valence-corrected chi connectivity index (χ1v) is 7.57. The molecule has 22 heavy (non-hydrogen) atoms. The van der Waals surface area contributed by atoms with Crippen LogP contribution in [0.2, 0.25) is 0 Å². The summed E-state index contributed by atoms with van der Waals surface area (Å²) in [5.41, 5.74) is 1.38. The Labute approximate surface area is 130 Å². The lowest BCUT2D eigenvalue weighted by Crippen LogP contribution is -2.33. The van der Waals surface area contributed by atoms with E-state index in [0.29, 0.717) is 22.9 Å². The smallest absolute Gasteiger partial charge is 0.186 e. The van der Waals surface area contributed by atoms with Crippen LogP contribution in [0.1, 0.15) is 13.3 Å². The molecule has 0 fully saturated rings. The highest BCUT2D eigenvalue weighted by Gasteiger charge is 2.14. The van der Waals surface area contributed by atoms with Gasteiger partial charge in [0.15, 0.2) is 11.5 Å². The summed E-state index contributed by atoms with van der Waals surface area (Å²) in [4.78, 5) is 15.1. The number of nitrogens with zero attached hydrogens (tertiary/aromatic N) is 5. The van der Waals surface area contributed by atoms with E-state index in [9.17, 15) is 9.90 Å². The molecule has 3 rings (SSSR count). The number of hydrogen-bond acceptors (Lipinski definition) is 7. The molecule has 0 bridgehead atoms. The highest BCUT2D eigenvalue weighted by Crippen LogP contribution is 2.24. The number of fused-ring (bicyclic) bond motifs is 1. The Bertz CT molecular complexity index is 805. The number of rotatable bonds is 5. The number of carbonyl (C=O) groups excluding carboxylic acids is 1. The van der Waals surface area contributed by atoms with Gasteiger partial charge in [-0.3, -0.25) is 4.98 Å². The van der Waals surface area contributed by atoms with Crippen molar-refractivity contribution in [1.29, 1.82) is 0 Å². The molecule has 3 aromatic rings. The largest absolute Gasteiger partial charge is 0.549 e. The molecule has 0 aliphatic rings. The average Bonchev–Trinajstić information content (AvgIpc) is 2.96. The molecule has 0 spiro atoms. The molecule has 1 atom stereocenters. The Morgan fingerprint density at radius 1 is 1.36 bits per heavy atom. The summed E-state index contributed by atoms with van der Waals surface area (Å²) in [7, 11) is 0. The average molecular weight is 314 g/mol. The van der Waals surface area contributed by atoms with Crippen LogP contribution in [0.3, 0.4) is 0 Å². The maximum Gasteiger partial charge on any atom is 0.186 e. The fourth-order valence-corrected chi connectivity index (χ4v) is 2.78. The van der Waals surface area contributed by atoms with Crippen molar-refractivity contribution in [2.24, 2.45) is 0 Å². The van der Waals surface area contributed by atoms with Gasteiger partial charge in [-0.2, -0.15) is 9.61 Å². The first-order chi connectivity index (χ1) is 10.7. The Morgan fingerprint density at radius 3 is 2.91 bits per heavy atom. The second-order valence-electron chi connectivity index (χ2n) is 4.54. The molecule has 0 saturated heterocycles. The molecule has 0 radical (unpaired) electrons. The first kappa shape index (κ1) is 14.5. The van der Waals surface area contributed by atoms with Crippen molar-refractivity contribution in [2.75, 3.05) is 0 Å². The first-order valence-electron chi connectivity index (χ1n) is 6.69. The Hall–Kier alpha value is -2.48. The van der Waals surface area contributed by atoms with E-state index in [1.807, 2.05) is 6.07 Å². The van der Waals surface area contributed by atoms with E-state index in [-0.39, 0.29) is 0 Å². The lowest BCUT2D eigenvalue weighted by Gasteiger charge is -2.14. The molecule has 0 aliphatic heterocycles. The highest BCUT2D eigenvalue weighted by atomic mass is 32.2. The molecule has 7 nitrogen and oxygen atoms in total. The van der Waals surface area contributed by atoms with Crippen molar-refractivity contribution in [3.8, 4) is 11.4 Å². The second-order valence-corrected chi connectivity index (χ2v) is 5.76. The van der Waals surface area contributed by atoms with Crippen LogP contribution in [0.4, 0.5) is 0 Å². The maximum atomic E-state index is 11.0. The van der Waals surface area contributed by atoms with Crippen LogP contribution in [0.5, 0.6) is 0 Å². The van der Waals surface area contributed by atoms with Gasteiger partial charge >= 0.3 is 0 Å². The normalized spacial score (nSPS) is 12.4. The van der Waals surface area contributed by atoms with Crippen molar-refractivity contribution in [1.82, 2.24) is 24.8 Å². The van der Waals surface area contributed by atoms with Crippen molar-refractivity contribution in [2.45, 2.75) is 23.6 Å². The van der Waals surface area contributed by atoms with Gasteiger partial charge in [-0.05, 0) is 30.7 Å². The topological polar surface area (TPSA) is 96.1 Å². The van der Waals surface area contributed by atoms with Gasteiger partial charge < -0.3 is 9.90 Å². The molecule has 3 heterocycles. The minimum atomic E-state index is -1.09. The van der Waals surface area contributed by atoms with Gasteiger partial charge in [-0.15, -0.1) is 10.2 Å². The number of thioether (sulfide) groups is 1. The summed E-state index contributed by atoms with van der Waals surface area (Å²) in [5.74, 6) is -0.530. The number of carboxylic acids is 1. The number of aromatic nitrogens is 5. The van der Waals surface area contributed by atoms with Crippen LogP contribution in [-0.2, 0) is 4.79 Å². The maximum absolute atomic E-state index is 11.0. The molecular weight excluding hydrogens is 302 g/mol. The molecule has 0 aliphatic carbocycles. The van der Waals surface area contributed by atoms with Gasteiger partial charge in [0.2, 0.25) is 0 Å². The SMILES string of the molecule is CC[C@@H](Sc1ccc2nnc(-c3cccnc3)n2n1)C(=O)[O-]. The number of hydrogen-bond donors (Lipinski definition) is 0. The van der Waals surface area contributed by atoms with E-state index < -0.39 is 11.2 Å². The summed E-state index contributed by atoms with van der Waals surface area (Å²) in [5, 5.41) is 23.6. The zero-order valence-electron chi connectivity index (χ0n) is 11.7. The molecular formula is C14H12N5O2S-. The Kier molecular flexibility index (Phi) is 4.01. The standard InChI is InChI=1S/C14H13N5O2S/c1-2-10(14(20)21)22-12-6-5-11-16-17-13(19(11)18-12)9-4-3-7-15-8-9/h3-8,10H,2H2,1H3,(H,20,21)/p-1/t10-/m1/s1. The van der Waals surface area contributed by atoms with E-state index >= 15 is 0 Å². The van der Waals surface area contributed by atoms with Gasteiger partial charge in [-0.25, -0.2) is 0 Å². The number of carboxylic acid groups (broad SMARTS) is 1. The van der Waals surface area contributed by atoms with E-state index in [0.717, 1.165) is 17.3 Å². The quantitative estimate of drug-likeness (QED) is 0.643. The molecule has 0 saturated carbocycles. The molecule has 8 heteroatoms. The number of aliphatic carboxylic acids is 1. The fraction of sp³-hybridized carbons (Fsp3) is 0.214. The summed E-state index contributed by atoms with van der Waals surface area (Å²) in [6, 6.07) is 7.15. The summed E-state index contributed by atoms with van der Waals surface area (Å²) < 4.78 is 1.58. The Balaban J connectivity index is 2.00. The van der Waals surface area contributed by atoms with E-state index in [4.69, 9.17) is 0 Å². The van der Waals surface area contributed by atoms with E-state index in [1.165, 1.54) is 0 Å². The fourth-order valence-electron chi connectivity index (χ4n) is 1.95. The molecule has 0 unspecified atom stereocenters. The third kappa shape index (κ3) is 2.77. The molecule has 0 aromatic carbocycles. The van der Waals surface area contributed by atoms with E-state index in [1.54, 1.807) is 42.0 Å². The van der Waals surface area contributed by atoms with Gasteiger partial charge in [0.25, 0.3) is 0 Å². The van der Waals surface area contributed by atoms with Crippen LogP contribution >= 0.6 is 11.8 Å². The lowest BCUT2D eigenvalue weighted by atomic mass is 10.3. The van der Waals surface area contributed by atoms with Crippen LogP contribution in [0.15, 0.2) is 41.7 Å². The third-order valence-electron chi connectivity index (χ3n) is 3.05. The zero-order valence-corrected chi connectivity index (χ0v) is 12.5. The number of carbonyl (C=O) groups is 1. The Morgan fingerprint density at radius 2 is 2.23 bits per heavy atom. The summed E-state index contributed by atoms with van der Waals surface area (Å²) in [6.07, 6.45) is 3.81. The molecule has 0 N–H and O–H groups in total. The van der Waals surface area contributed by atoms with Crippen molar-refractivity contribution in [3.63, 3.8) is 0 Å². The minimum absolute atomic E-state index is 0.463. The van der Waals surface area contributed by atoms with Crippen molar-refractivity contribution >= 4 is 23.4 Å². The van der Waals surface area contributed by atoms with Crippen LogP contribution in [0, 0.1) is 0 Å². The highest BCUT2D eigenvalue weighted by molar-refractivity contribution is 8.00. The van der Waals surface area contributed by atoms with Crippen LogP contribution < -0.4 is 5.11 Å². The monoisotopic (exact) mass is 314 g/mol. The molecule has 3 aromatic heterocycles. The zero-order chi connectivity index (χ0) is 15.5. The van der Waals surface area contributed by atoms with Crippen LogP contribution in [0.25, 0.3) is 17.0 Å². The predicted molar refractivity (Wildman–Crippen MR) is 79.0 cm³/mol. The second kappa shape index (κ2) is 6.10. The number of pyridine rings is 1. The predicted octanol–water partition coefficient (Wildman–Crippen LogP) is 0.807. The van der Waals surface area contributed by atoms with Gasteiger partial charge in [-0.1, -0.05) is 18.7 Å². The minimum Gasteiger partial charge on any atom is -0.549 e. The molecule has 112 valence electrons. The van der Waals surface area contributed by atoms with Crippen molar-refractivity contribution in [3.05, 3.63) is 36.7 Å².